The quantitative estimate of drug-likeness (QED) is 0.912. The highest BCUT2D eigenvalue weighted by molar-refractivity contribution is 5.87. The van der Waals surface area contributed by atoms with Crippen LogP contribution in [0.3, 0.4) is 0 Å². The first kappa shape index (κ1) is 13.2. The van der Waals surface area contributed by atoms with Crippen molar-refractivity contribution in [2.45, 2.75) is 6.04 Å². The third-order valence-electron chi connectivity index (χ3n) is 2.93. The molecule has 0 radical (unpaired) electrons. The maximum atomic E-state index is 11.1. The van der Waals surface area contributed by atoms with Gasteiger partial charge in [0.15, 0.2) is 0 Å². The summed E-state index contributed by atoms with van der Waals surface area (Å²) in [4.78, 5) is 17.4. The third kappa shape index (κ3) is 2.98. The molecule has 0 aliphatic heterocycles. The minimum absolute atomic E-state index is 0.0551. The topological polar surface area (TPSA) is 53.4 Å². The Labute approximate surface area is 112 Å². The molecule has 0 bridgehead atoms. The van der Waals surface area contributed by atoms with E-state index in [9.17, 15) is 4.79 Å². The monoisotopic (exact) mass is 256 g/mol. The van der Waals surface area contributed by atoms with Gasteiger partial charge < -0.3 is 5.11 Å². The fourth-order valence-corrected chi connectivity index (χ4v) is 2.11. The molecule has 1 N–H and O–H groups in total. The summed E-state index contributed by atoms with van der Waals surface area (Å²) in [5, 5.41) is 9.07. The van der Waals surface area contributed by atoms with Gasteiger partial charge in [0, 0.05) is 6.20 Å². The lowest BCUT2D eigenvalue weighted by atomic mass is 10.00. The van der Waals surface area contributed by atoms with Gasteiger partial charge in [-0.15, -0.1) is 0 Å². The lowest BCUT2D eigenvalue weighted by molar-refractivity contribution is 0.0696. The van der Waals surface area contributed by atoms with Gasteiger partial charge in [-0.05, 0) is 43.9 Å². The average Bonchev–Trinajstić information content (AvgIpc) is 2.40. The van der Waals surface area contributed by atoms with Gasteiger partial charge in [-0.2, -0.15) is 0 Å². The number of carbonyl (C=O) groups is 1. The van der Waals surface area contributed by atoms with E-state index in [-0.39, 0.29) is 6.04 Å². The van der Waals surface area contributed by atoms with Gasteiger partial charge in [0.2, 0.25) is 0 Å². The van der Waals surface area contributed by atoms with E-state index in [1.807, 2.05) is 43.3 Å². The van der Waals surface area contributed by atoms with E-state index < -0.39 is 5.97 Å². The summed E-state index contributed by atoms with van der Waals surface area (Å²) in [5.74, 6) is -0.916. The van der Waals surface area contributed by atoms with Gasteiger partial charge in [-0.25, -0.2) is 4.79 Å². The lowest BCUT2D eigenvalue weighted by Gasteiger charge is -2.24. The Bertz CT molecular complexity index is 567. The Kier molecular flexibility index (Phi) is 3.92. The fraction of sp³-hybridized carbons (Fsp3) is 0.200. The molecule has 0 saturated heterocycles. The summed E-state index contributed by atoms with van der Waals surface area (Å²) in [6.07, 6.45) is 1.74. The maximum absolute atomic E-state index is 11.1. The van der Waals surface area contributed by atoms with E-state index in [4.69, 9.17) is 5.11 Å². The van der Waals surface area contributed by atoms with Crippen LogP contribution in [0.5, 0.6) is 0 Å². The normalized spacial score (nSPS) is 12.4. The predicted molar refractivity (Wildman–Crippen MR) is 73.2 cm³/mol. The van der Waals surface area contributed by atoms with E-state index in [1.54, 1.807) is 24.4 Å². The van der Waals surface area contributed by atoms with Gasteiger partial charge in [-0.1, -0.05) is 18.2 Å². The first-order valence-electron chi connectivity index (χ1n) is 6.00. The average molecular weight is 256 g/mol. The van der Waals surface area contributed by atoms with Crippen LogP contribution in [0.2, 0.25) is 0 Å². The molecule has 1 heterocycles. The van der Waals surface area contributed by atoms with E-state index in [0.717, 1.165) is 11.3 Å². The highest BCUT2D eigenvalue weighted by atomic mass is 16.4. The van der Waals surface area contributed by atoms with Crippen molar-refractivity contribution >= 4 is 5.97 Å². The van der Waals surface area contributed by atoms with Crippen molar-refractivity contribution < 1.29 is 9.90 Å². The number of hydrogen-bond donors (Lipinski definition) is 1. The Morgan fingerprint density at radius 3 is 2.58 bits per heavy atom. The maximum Gasteiger partial charge on any atom is 0.335 e. The number of pyridine rings is 1. The third-order valence-corrected chi connectivity index (χ3v) is 2.93. The van der Waals surface area contributed by atoms with Gasteiger partial charge in [0.25, 0.3) is 0 Å². The highest BCUT2D eigenvalue weighted by Crippen LogP contribution is 2.25. The largest absolute Gasteiger partial charge is 0.478 e. The molecule has 2 rings (SSSR count). The first-order chi connectivity index (χ1) is 9.09. The molecule has 98 valence electrons. The van der Waals surface area contributed by atoms with Crippen molar-refractivity contribution in [3.63, 3.8) is 0 Å². The number of carboxylic acid groups (broad SMARTS) is 1. The van der Waals surface area contributed by atoms with Crippen molar-refractivity contribution in [2.24, 2.45) is 0 Å². The summed E-state index contributed by atoms with van der Waals surface area (Å²) >= 11 is 0. The van der Waals surface area contributed by atoms with Crippen LogP contribution in [-0.2, 0) is 0 Å². The minimum Gasteiger partial charge on any atom is -0.478 e. The molecule has 19 heavy (non-hydrogen) atoms. The van der Waals surface area contributed by atoms with Crippen LogP contribution in [0.1, 0.15) is 27.7 Å². The molecule has 4 nitrogen and oxygen atoms in total. The molecule has 1 aromatic carbocycles. The number of benzene rings is 1. The molecule has 0 fully saturated rings. The molecule has 0 aliphatic carbocycles. The van der Waals surface area contributed by atoms with Crippen LogP contribution in [0.15, 0.2) is 48.7 Å². The van der Waals surface area contributed by atoms with Crippen molar-refractivity contribution in [3.8, 4) is 0 Å². The van der Waals surface area contributed by atoms with E-state index in [1.165, 1.54) is 0 Å². The van der Waals surface area contributed by atoms with Gasteiger partial charge >= 0.3 is 5.97 Å². The van der Waals surface area contributed by atoms with Crippen LogP contribution in [0.4, 0.5) is 0 Å². The Hall–Kier alpha value is -2.20. The fourth-order valence-electron chi connectivity index (χ4n) is 2.11. The molecule has 2 aromatic rings. The minimum atomic E-state index is -0.916. The second-order valence-electron chi connectivity index (χ2n) is 4.55. The molecule has 1 unspecified atom stereocenters. The SMILES string of the molecule is CN(C)C(c1cccc(C(=O)O)c1)c1ccccn1. The zero-order chi connectivity index (χ0) is 13.8. The smallest absolute Gasteiger partial charge is 0.335 e. The van der Waals surface area contributed by atoms with Crippen LogP contribution in [0.25, 0.3) is 0 Å². The summed E-state index contributed by atoms with van der Waals surface area (Å²) in [7, 11) is 3.90. The number of aromatic carboxylic acids is 1. The summed E-state index contributed by atoms with van der Waals surface area (Å²) in [6.45, 7) is 0. The number of rotatable bonds is 4. The second-order valence-corrected chi connectivity index (χ2v) is 4.55. The molecule has 0 aliphatic rings. The van der Waals surface area contributed by atoms with Crippen LogP contribution in [-0.4, -0.2) is 35.1 Å². The van der Waals surface area contributed by atoms with Crippen LogP contribution in [0, 0.1) is 0 Å². The zero-order valence-corrected chi connectivity index (χ0v) is 10.9. The Morgan fingerprint density at radius 2 is 2.00 bits per heavy atom. The van der Waals surface area contributed by atoms with Crippen molar-refractivity contribution in [1.29, 1.82) is 0 Å². The predicted octanol–water partition coefficient (Wildman–Crippen LogP) is 2.43. The van der Waals surface area contributed by atoms with Gasteiger partial charge in [0.05, 0.1) is 17.3 Å². The van der Waals surface area contributed by atoms with Crippen molar-refractivity contribution in [1.82, 2.24) is 9.88 Å². The summed E-state index contributed by atoms with van der Waals surface area (Å²) < 4.78 is 0. The molecule has 4 heteroatoms. The molecule has 1 atom stereocenters. The van der Waals surface area contributed by atoms with E-state index in [0.29, 0.717) is 5.56 Å². The molecule has 0 amide bonds. The van der Waals surface area contributed by atoms with Crippen molar-refractivity contribution in [3.05, 3.63) is 65.5 Å². The van der Waals surface area contributed by atoms with Crippen molar-refractivity contribution in [2.75, 3.05) is 14.1 Å². The number of aromatic nitrogens is 1. The van der Waals surface area contributed by atoms with Gasteiger partial charge in [0.1, 0.15) is 0 Å². The number of carboxylic acids is 1. The first-order valence-corrected chi connectivity index (χ1v) is 6.00. The lowest BCUT2D eigenvalue weighted by Crippen LogP contribution is -2.22. The number of nitrogens with zero attached hydrogens (tertiary/aromatic N) is 2. The summed E-state index contributed by atoms with van der Waals surface area (Å²) in [6, 6.07) is 12.7. The van der Waals surface area contributed by atoms with E-state index >= 15 is 0 Å². The number of hydrogen-bond acceptors (Lipinski definition) is 3. The zero-order valence-electron chi connectivity index (χ0n) is 10.9. The highest BCUT2D eigenvalue weighted by Gasteiger charge is 2.18. The van der Waals surface area contributed by atoms with E-state index in [2.05, 4.69) is 4.98 Å². The summed E-state index contributed by atoms with van der Waals surface area (Å²) in [5.41, 5.74) is 2.11. The van der Waals surface area contributed by atoms with Crippen LogP contribution >= 0.6 is 0 Å². The molecule has 1 aromatic heterocycles. The molecule has 0 spiro atoms. The Balaban J connectivity index is 2.46. The molecular weight excluding hydrogens is 240 g/mol. The Morgan fingerprint density at radius 1 is 1.21 bits per heavy atom. The second kappa shape index (κ2) is 5.63. The standard InChI is InChI=1S/C15H16N2O2/c1-17(2)14(13-8-3-4-9-16-13)11-6-5-7-12(10-11)15(18)19/h3-10,14H,1-2H3,(H,18,19). The van der Waals surface area contributed by atoms with Gasteiger partial charge in [-0.3, -0.25) is 9.88 Å². The molecule has 0 saturated carbocycles. The molecular formula is C15H16N2O2. The van der Waals surface area contributed by atoms with Crippen LogP contribution < -0.4 is 0 Å².